The van der Waals surface area contributed by atoms with E-state index in [0.29, 0.717) is 16.7 Å². The summed E-state index contributed by atoms with van der Waals surface area (Å²) < 4.78 is 0. The van der Waals surface area contributed by atoms with Crippen molar-refractivity contribution in [2.24, 2.45) is 0 Å². The van der Waals surface area contributed by atoms with Crippen LogP contribution < -0.4 is 5.32 Å². The first-order valence-electron chi connectivity index (χ1n) is 8.49. The summed E-state index contributed by atoms with van der Waals surface area (Å²) in [5.41, 5.74) is 1.28. The average Bonchev–Trinajstić information content (AvgIpc) is 2.91. The first kappa shape index (κ1) is 18.3. The van der Waals surface area contributed by atoms with E-state index in [9.17, 15) is 19.2 Å². The molecule has 1 unspecified atom stereocenters. The van der Waals surface area contributed by atoms with Crippen LogP contribution >= 0.6 is 0 Å². The number of carbonyl (C=O) groups excluding carboxylic acids is 3. The highest BCUT2D eigenvalue weighted by Crippen LogP contribution is 2.33. The Labute approximate surface area is 155 Å². The van der Waals surface area contributed by atoms with Crippen molar-refractivity contribution < 1.29 is 24.3 Å². The van der Waals surface area contributed by atoms with Crippen LogP contribution in [-0.4, -0.2) is 40.2 Å². The molecule has 3 rings (SSSR count). The molecule has 0 fully saturated rings. The van der Waals surface area contributed by atoms with Gasteiger partial charge in [0.05, 0.1) is 30.0 Å². The number of hydrogen-bond donors (Lipinski definition) is 2. The number of carboxylic acids is 1. The maximum absolute atomic E-state index is 12.8. The molecule has 3 amide bonds. The van der Waals surface area contributed by atoms with Crippen molar-refractivity contribution in [3.05, 3.63) is 71.3 Å². The Balaban J connectivity index is 1.86. The van der Waals surface area contributed by atoms with Gasteiger partial charge in [0.15, 0.2) is 0 Å². The molecule has 1 aliphatic heterocycles. The maximum atomic E-state index is 12.8. The van der Waals surface area contributed by atoms with E-state index in [0.717, 1.165) is 4.90 Å². The molecular weight excluding hydrogens is 348 g/mol. The molecule has 0 aromatic heterocycles. The van der Waals surface area contributed by atoms with E-state index in [-0.39, 0.29) is 19.4 Å². The lowest BCUT2D eigenvalue weighted by molar-refractivity contribution is -0.136. The average molecular weight is 366 g/mol. The number of fused-ring (bicyclic) bond motifs is 1. The van der Waals surface area contributed by atoms with Gasteiger partial charge in [0.2, 0.25) is 5.91 Å². The second-order valence-corrected chi connectivity index (χ2v) is 6.15. The molecule has 0 saturated heterocycles. The molecule has 7 heteroatoms. The Hall–Kier alpha value is -3.48. The van der Waals surface area contributed by atoms with Gasteiger partial charge in [-0.05, 0) is 17.7 Å². The quantitative estimate of drug-likeness (QED) is 0.730. The fraction of sp³-hybridized carbons (Fsp3) is 0.200. The van der Waals surface area contributed by atoms with Crippen molar-refractivity contribution in [1.82, 2.24) is 10.2 Å². The minimum atomic E-state index is -1.02. The number of carbonyl (C=O) groups is 4. The third-order valence-corrected chi connectivity index (χ3v) is 4.36. The second kappa shape index (κ2) is 7.82. The Morgan fingerprint density at radius 3 is 2.04 bits per heavy atom. The molecule has 0 spiro atoms. The number of rotatable bonds is 7. The molecule has 0 radical (unpaired) electrons. The summed E-state index contributed by atoms with van der Waals surface area (Å²) in [6.07, 6.45) is -0.343. The number of amides is 3. The zero-order valence-electron chi connectivity index (χ0n) is 14.4. The van der Waals surface area contributed by atoms with Gasteiger partial charge < -0.3 is 10.4 Å². The largest absolute Gasteiger partial charge is 0.481 e. The number of imide groups is 1. The SMILES string of the molecule is O=C(O)CCNC(=O)CC(c1ccccc1)N1C(=O)c2ccccc2C1=O. The summed E-state index contributed by atoms with van der Waals surface area (Å²) in [6, 6.07) is 14.6. The molecule has 0 bridgehead atoms. The molecular formula is C20H18N2O5. The van der Waals surface area contributed by atoms with Crippen LogP contribution in [0.5, 0.6) is 0 Å². The maximum Gasteiger partial charge on any atom is 0.305 e. The van der Waals surface area contributed by atoms with Crippen molar-refractivity contribution >= 4 is 23.7 Å². The molecule has 7 nitrogen and oxygen atoms in total. The molecule has 2 N–H and O–H groups in total. The van der Waals surface area contributed by atoms with Crippen LogP contribution in [0.25, 0.3) is 0 Å². The highest BCUT2D eigenvalue weighted by Gasteiger charge is 2.40. The van der Waals surface area contributed by atoms with Crippen LogP contribution in [-0.2, 0) is 9.59 Å². The summed E-state index contributed by atoms with van der Waals surface area (Å²) in [6.45, 7) is -0.0161. The lowest BCUT2D eigenvalue weighted by Gasteiger charge is -2.26. The zero-order valence-corrected chi connectivity index (χ0v) is 14.4. The van der Waals surface area contributed by atoms with Gasteiger partial charge in [-0.25, -0.2) is 0 Å². The van der Waals surface area contributed by atoms with Gasteiger partial charge in [-0.1, -0.05) is 42.5 Å². The minimum absolute atomic E-state index is 0.0161. The summed E-state index contributed by atoms with van der Waals surface area (Å²) in [5, 5.41) is 11.2. The number of aliphatic carboxylic acids is 1. The molecule has 2 aromatic carbocycles. The summed E-state index contributed by atoms with van der Waals surface area (Å²) >= 11 is 0. The zero-order chi connectivity index (χ0) is 19.4. The third kappa shape index (κ3) is 3.87. The Bertz CT molecular complexity index is 859. The molecule has 1 heterocycles. The normalized spacial score (nSPS) is 14.0. The van der Waals surface area contributed by atoms with Gasteiger partial charge in [0, 0.05) is 6.54 Å². The summed E-state index contributed by atoms with van der Waals surface area (Å²) in [5.74, 6) is -2.33. The van der Waals surface area contributed by atoms with Gasteiger partial charge >= 0.3 is 5.97 Å². The second-order valence-electron chi connectivity index (χ2n) is 6.15. The van der Waals surface area contributed by atoms with E-state index < -0.39 is 29.7 Å². The van der Waals surface area contributed by atoms with E-state index in [2.05, 4.69) is 5.32 Å². The monoisotopic (exact) mass is 366 g/mol. The van der Waals surface area contributed by atoms with E-state index in [1.54, 1.807) is 54.6 Å². The van der Waals surface area contributed by atoms with Crippen LogP contribution in [0.15, 0.2) is 54.6 Å². The van der Waals surface area contributed by atoms with E-state index in [1.165, 1.54) is 0 Å². The standard InChI is InChI=1S/C20H18N2O5/c23-17(21-11-10-18(24)25)12-16(13-6-2-1-3-7-13)22-19(26)14-8-4-5-9-15(14)20(22)27/h1-9,16H,10-12H2,(H,21,23)(H,24,25). The fourth-order valence-corrected chi connectivity index (χ4v) is 3.08. The van der Waals surface area contributed by atoms with Crippen LogP contribution in [0, 0.1) is 0 Å². The lowest BCUT2D eigenvalue weighted by atomic mass is 10.0. The van der Waals surface area contributed by atoms with Gasteiger partial charge in [-0.3, -0.25) is 24.1 Å². The van der Waals surface area contributed by atoms with Crippen LogP contribution in [0.1, 0.15) is 45.2 Å². The molecule has 138 valence electrons. The summed E-state index contributed by atoms with van der Waals surface area (Å²) in [7, 11) is 0. The topological polar surface area (TPSA) is 104 Å². The number of carboxylic acid groups (broad SMARTS) is 1. The van der Waals surface area contributed by atoms with Crippen molar-refractivity contribution in [2.75, 3.05) is 6.54 Å². The van der Waals surface area contributed by atoms with Gasteiger partial charge in [-0.15, -0.1) is 0 Å². The Morgan fingerprint density at radius 1 is 0.926 bits per heavy atom. The van der Waals surface area contributed by atoms with Crippen LogP contribution in [0.2, 0.25) is 0 Å². The Kier molecular flexibility index (Phi) is 5.30. The minimum Gasteiger partial charge on any atom is -0.481 e. The number of benzene rings is 2. The predicted octanol–water partition coefficient (Wildman–Crippen LogP) is 2.00. The van der Waals surface area contributed by atoms with E-state index in [1.807, 2.05) is 0 Å². The van der Waals surface area contributed by atoms with Crippen molar-refractivity contribution in [2.45, 2.75) is 18.9 Å². The van der Waals surface area contributed by atoms with E-state index in [4.69, 9.17) is 5.11 Å². The fourth-order valence-electron chi connectivity index (χ4n) is 3.08. The number of nitrogens with one attached hydrogen (secondary N) is 1. The molecule has 1 atom stereocenters. The predicted molar refractivity (Wildman–Crippen MR) is 96.0 cm³/mol. The lowest BCUT2D eigenvalue weighted by Crippen LogP contribution is -2.38. The number of nitrogens with zero attached hydrogens (tertiary/aromatic N) is 1. The molecule has 0 saturated carbocycles. The Morgan fingerprint density at radius 2 is 1.48 bits per heavy atom. The first-order chi connectivity index (χ1) is 13.0. The molecule has 1 aliphatic rings. The van der Waals surface area contributed by atoms with Crippen molar-refractivity contribution in [3.8, 4) is 0 Å². The van der Waals surface area contributed by atoms with Crippen LogP contribution in [0.3, 0.4) is 0 Å². The van der Waals surface area contributed by atoms with Crippen LogP contribution in [0.4, 0.5) is 0 Å². The third-order valence-electron chi connectivity index (χ3n) is 4.36. The van der Waals surface area contributed by atoms with Crippen molar-refractivity contribution in [3.63, 3.8) is 0 Å². The highest BCUT2D eigenvalue weighted by atomic mass is 16.4. The van der Waals surface area contributed by atoms with Gasteiger partial charge in [0.1, 0.15) is 0 Å². The highest BCUT2D eigenvalue weighted by molar-refractivity contribution is 6.21. The van der Waals surface area contributed by atoms with Crippen molar-refractivity contribution in [1.29, 1.82) is 0 Å². The van der Waals surface area contributed by atoms with Gasteiger partial charge in [-0.2, -0.15) is 0 Å². The summed E-state index contributed by atoms with van der Waals surface area (Å²) in [4.78, 5) is 49.6. The first-order valence-corrected chi connectivity index (χ1v) is 8.49. The molecule has 0 aliphatic carbocycles. The molecule has 27 heavy (non-hydrogen) atoms. The molecule has 2 aromatic rings. The van der Waals surface area contributed by atoms with Gasteiger partial charge in [0.25, 0.3) is 11.8 Å². The number of hydrogen-bond acceptors (Lipinski definition) is 4. The van der Waals surface area contributed by atoms with E-state index >= 15 is 0 Å². The smallest absolute Gasteiger partial charge is 0.305 e.